The van der Waals surface area contributed by atoms with Crippen LogP contribution >= 0.6 is 24.8 Å². The normalized spacial score (nSPS) is 15.3. The first kappa shape index (κ1) is 27.2. The van der Waals surface area contributed by atoms with Crippen molar-refractivity contribution in [1.82, 2.24) is 10.2 Å². The molecule has 1 heterocycles. The van der Waals surface area contributed by atoms with Crippen molar-refractivity contribution in [2.45, 2.75) is 19.3 Å². The van der Waals surface area contributed by atoms with E-state index in [0.717, 1.165) is 37.3 Å². The number of piperazine rings is 1. The van der Waals surface area contributed by atoms with Gasteiger partial charge in [-0.3, -0.25) is 4.90 Å². The number of hydrogen-bond donors (Lipinski definition) is 1. The summed E-state index contributed by atoms with van der Waals surface area (Å²) in [7, 11) is 1.59. The summed E-state index contributed by atoms with van der Waals surface area (Å²) in [6, 6.07) is 11.7. The lowest BCUT2D eigenvalue weighted by molar-refractivity contribution is -0.274. The lowest BCUT2D eigenvalue weighted by Crippen LogP contribution is -2.45. The average Bonchev–Trinajstić information content (AvgIpc) is 2.70. The number of hydrogen-bond acceptors (Lipinski definition) is 5. The Hall–Kier alpha value is -1.87. The van der Waals surface area contributed by atoms with Crippen LogP contribution in [0.5, 0.6) is 17.2 Å². The van der Waals surface area contributed by atoms with Crippen molar-refractivity contribution in [2.75, 3.05) is 39.9 Å². The molecular formula is C21H27Cl2F3N2O3. The zero-order chi connectivity index (χ0) is 20.9. The average molecular weight is 483 g/mol. The quantitative estimate of drug-likeness (QED) is 0.611. The second-order valence-electron chi connectivity index (χ2n) is 6.65. The fourth-order valence-electron chi connectivity index (χ4n) is 3.54. The predicted octanol–water partition coefficient (Wildman–Crippen LogP) is 4.83. The number of alkyl halides is 3. The van der Waals surface area contributed by atoms with Gasteiger partial charge in [0.2, 0.25) is 0 Å². The van der Waals surface area contributed by atoms with Crippen LogP contribution in [0, 0.1) is 0 Å². The summed E-state index contributed by atoms with van der Waals surface area (Å²) in [5.41, 5.74) is 1.87. The van der Waals surface area contributed by atoms with E-state index in [4.69, 9.17) is 9.47 Å². The van der Waals surface area contributed by atoms with Gasteiger partial charge < -0.3 is 19.5 Å². The van der Waals surface area contributed by atoms with Gasteiger partial charge in [0.05, 0.1) is 19.8 Å². The molecule has 0 amide bonds. The van der Waals surface area contributed by atoms with Crippen LogP contribution in [0.25, 0.3) is 0 Å². The third kappa shape index (κ3) is 7.35. The zero-order valence-corrected chi connectivity index (χ0v) is 18.9. The Morgan fingerprint density at radius 3 is 2.13 bits per heavy atom. The molecule has 0 spiro atoms. The Labute approximate surface area is 192 Å². The molecule has 0 aliphatic carbocycles. The van der Waals surface area contributed by atoms with Gasteiger partial charge in [-0.15, -0.1) is 38.0 Å². The van der Waals surface area contributed by atoms with E-state index in [-0.39, 0.29) is 36.6 Å². The van der Waals surface area contributed by atoms with Crippen LogP contribution in [0.1, 0.15) is 24.1 Å². The number of rotatable bonds is 7. The molecule has 1 aliphatic heterocycles. The van der Waals surface area contributed by atoms with Crippen LogP contribution < -0.4 is 19.5 Å². The summed E-state index contributed by atoms with van der Waals surface area (Å²) in [4.78, 5) is 2.30. The van der Waals surface area contributed by atoms with Gasteiger partial charge in [-0.25, -0.2) is 0 Å². The third-order valence-electron chi connectivity index (χ3n) is 4.75. The largest absolute Gasteiger partial charge is 0.573 e. The van der Waals surface area contributed by atoms with E-state index >= 15 is 0 Å². The molecular weight excluding hydrogens is 456 g/mol. The molecule has 1 N–H and O–H groups in total. The van der Waals surface area contributed by atoms with Crippen molar-refractivity contribution in [3.05, 3.63) is 53.6 Å². The standard InChI is InChI=1S/C21H25F3N2O3.2ClH/c1-3-28-19-14-16(6-9-18(19)27-2)20(26-12-10-25-11-13-26)15-4-7-17(8-5-15)29-21(22,23)24;;/h4-9,14,20,25H,3,10-13H2,1-2H3;2*1H/t20-;;/m0../s1. The first-order chi connectivity index (χ1) is 13.9. The Kier molecular flexibility index (Phi) is 10.7. The monoisotopic (exact) mass is 482 g/mol. The smallest absolute Gasteiger partial charge is 0.493 e. The van der Waals surface area contributed by atoms with Crippen molar-refractivity contribution < 1.29 is 27.4 Å². The minimum atomic E-state index is -4.71. The summed E-state index contributed by atoms with van der Waals surface area (Å²) in [5.74, 6) is 1.05. The van der Waals surface area contributed by atoms with Gasteiger partial charge >= 0.3 is 6.36 Å². The van der Waals surface area contributed by atoms with Crippen molar-refractivity contribution in [3.8, 4) is 17.2 Å². The molecule has 1 atom stereocenters. The highest BCUT2D eigenvalue weighted by atomic mass is 35.5. The van der Waals surface area contributed by atoms with Crippen LogP contribution in [-0.4, -0.2) is 51.2 Å². The molecule has 0 radical (unpaired) electrons. The number of nitrogens with zero attached hydrogens (tertiary/aromatic N) is 1. The van der Waals surface area contributed by atoms with Crippen LogP contribution in [-0.2, 0) is 0 Å². The number of benzene rings is 2. The van der Waals surface area contributed by atoms with Gasteiger partial charge in [0, 0.05) is 26.2 Å². The van der Waals surface area contributed by atoms with Crippen LogP contribution in [0.3, 0.4) is 0 Å². The van der Waals surface area contributed by atoms with Gasteiger partial charge in [-0.05, 0) is 42.3 Å². The van der Waals surface area contributed by atoms with Gasteiger partial charge in [0.1, 0.15) is 5.75 Å². The van der Waals surface area contributed by atoms with Crippen molar-refractivity contribution in [3.63, 3.8) is 0 Å². The minimum Gasteiger partial charge on any atom is -0.493 e. The summed E-state index contributed by atoms with van der Waals surface area (Å²) in [5, 5.41) is 3.33. The minimum absolute atomic E-state index is 0. The molecule has 1 fully saturated rings. The van der Waals surface area contributed by atoms with Gasteiger partial charge in [0.15, 0.2) is 11.5 Å². The second-order valence-corrected chi connectivity index (χ2v) is 6.65. The molecule has 3 rings (SSSR count). The lowest BCUT2D eigenvalue weighted by atomic mass is 9.96. The summed E-state index contributed by atoms with van der Waals surface area (Å²) >= 11 is 0. The second kappa shape index (κ2) is 12.2. The molecule has 31 heavy (non-hydrogen) atoms. The van der Waals surface area contributed by atoms with E-state index in [9.17, 15) is 13.2 Å². The number of nitrogens with one attached hydrogen (secondary N) is 1. The first-order valence-electron chi connectivity index (χ1n) is 9.52. The van der Waals surface area contributed by atoms with Gasteiger partial charge in [-0.2, -0.15) is 0 Å². The molecule has 10 heteroatoms. The van der Waals surface area contributed by atoms with E-state index in [2.05, 4.69) is 15.0 Å². The highest BCUT2D eigenvalue weighted by Gasteiger charge is 2.31. The van der Waals surface area contributed by atoms with Crippen molar-refractivity contribution >= 4 is 24.8 Å². The van der Waals surface area contributed by atoms with Crippen LogP contribution in [0.15, 0.2) is 42.5 Å². The number of halogens is 5. The summed E-state index contributed by atoms with van der Waals surface area (Å²) in [6.45, 7) is 5.74. The Bertz CT molecular complexity index is 801. The van der Waals surface area contributed by atoms with Crippen molar-refractivity contribution in [2.24, 2.45) is 0 Å². The molecule has 0 bridgehead atoms. The first-order valence-corrected chi connectivity index (χ1v) is 9.52. The zero-order valence-electron chi connectivity index (χ0n) is 17.3. The number of methoxy groups -OCH3 is 1. The maximum Gasteiger partial charge on any atom is 0.573 e. The Morgan fingerprint density at radius 1 is 0.968 bits per heavy atom. The number of ether oxygens (including phenoxy) is 3. The van der Waals surface area contributed by atoms with E-state index in [1.165, 1.54) is 12.1 Å². The molecule has 1 aliphatic rings. The molecule has 5 nitrogen and oxygen atoms in total. The Balaban J connectivity index is 0.00000240. The highest BCUT2D eigenvalue weighted by molar-refractivity contribution is 5.85. The lowest BCUT2D eigenvalue weighted by Gasteiger charge is -2.36. The fourth-order valence-corrected chi connectivity index (χ4v) is 3.54. The van der Waals surface area contributed by atoms with Crippen LogP contribution in [0.4, 0.5) is 13.2 Å². The van der Waals surface area contributed by atoms with Crippen LogP contribution in [0.2, 0.25) is 0 Å². The van der Waals surface area contributed by atoms with E-state index in [0.29, 0.717) is 18.1 Å². The predicted molar refractivity (Wildman–Crippen MR) is 118 cm³/mol. The van der Waals surface area contributed by atoms with Gasteiger partial charge in [0.25, 0.3) is 0 Å². The molecule has 2 aromatic rings. The van der Waals surface area contributed by atoms with Crippen molar-refractivity contribution in [1.29, 1.82) is 0 Å². The molecule has 2 aromatic carbocycles. The fraction of sp³-hybridized carbons (Fsp3) is 0.429. The summed E-state index contributed by atoms with van der Waals surface area (Å²) in [6.07, 6.45) is -4.71. The van der Waals surface area contributed by atoms with E-state index in [1.54, 1.807) is 19.2 Å². The molecule has 0 unspecified atom stereocenters. The Morgan fingerprint density at radius 2 is 1.58 bits per heavy atom. The molecule has 1 saturated heterocycles. The summed E-state index contributed by atoms with van der Waals surface area (Å²) < 4.78 is 52.5. The third-order valence-corrected chi connectivity index (χ3v) is 4.75. The van der Waals surface area contributed by atoms with E-state index in [1.807, 2.05) is 25.1 Å². The topological polar surface area (TPSA) is 43.0 Å². The molecule has 0 saturated carbocycles. The highest BCUT2D eigenvalue weighted by Crippen LogP contribution is 2.36. The molecule has 0 aromatic heterocycles. The van der Waals surface area contributed by atoms with Gasteiger partial charge in [-0.1, -0.05) is 18.2 Å². The maximum absolute atomic E-state index is 12.5. The SMILES string of the molecule is CCOc1cc([C@H](c2ccc(OC(F)(F)F)cc2)N2CCNCC2)ccc1OC.Cl.Cl. The van der Waals surface area contributed by atoms with E-state index < -0.39 is 6.36 Å². The molecule has 174 valence electrons. The maximum atomic E-state index is 12.5.